The molecule has 0 bridgehead atoms. The number of nitrogens with zero attached hydrogens (tertiary/aromatic N) is 3. The molecular formula is C21H20FN5O2. The van der Waals surface area contributed by atoms with Crippen LogP contribution in [0.1, 0.15) is 23.3 Å². The maximum absolute atomic E-state index is 13.3. The van der Waals surface area contributed by atoms with Crippen LogP contribution in [0.4, 0.5) is 10.1 Å². The first-order valence-electron chi connectivity index (χ1n) is 9.41. The van der Waals surface area contributed by atoms with E-state index in [1.165, 1.54) is 12.1 Å². The normalized spacial score (nSPS) is 14.6. The highest BCUT2D eigenvalue weighted by Crippen LogP contribution is 2.22. The van der Waals surface area contributed by atoms with Crippen LogP contribution in [-0.4, -0.2) is 45.0 Å². The number of aromatic amines is 1. The second-order valence-electron chi connectivity index (χ2n) is 6.97. The first kappa shape index (κ1) is 18.8. The van der Waals surface area contributed by atoms with Crippen molar-refractivity contribution in [2.75, 3.05) is 18.4 Å². The number of hydrogen-bond donors (Lipinski definition) is 2. The van der Waals surface area contributed by atoms with Crippen LogP contribution in [0.25, 0.3) is 11.3 Å². The fraction of sp³-hybridized carbons (Fsp3) is 0.238. The van der Waals surface area contributed by atoms with Crippen LogP contribution in [0.2, 0.25) is 0 Å². The number of aromatic nitrogens is 3. The zero-order chi connectivity index (χ0) is 20.2. The number of H-pyrrole nitrogens is 1. The molecule has 2 aromatic heterocycles. The van der Waals surface area contributed by atoms with Gasteiger partial charge < -0.3 is 10.2 Å². The van der Waals surface area contributed by atoms with E-state index in [0.717, 1.165) is 5.56 Å². The standard InChI is InChI=1S/C21H20FN5O2/c22-16-4-1-5-17(11-16)24-20(28)14-6-9-27(10-7-14)21(29)19-12-18(25-26-19)15-3-2-8-23-13-15/h1-5,8,11-14H,6-7,9-10H2,(H,24,28)(H,25,26). The monoisotopic (exact) mass is 393 g/mol. The summed E-state index contributed by atoms with van der Waals surface area (Å²) in [5.41, 5.74) is 2.33. The Morgan fingerprint density at radius 3 is 2.69 bits per heavy atom. The fourth-order valence-electron chi connectivity index (χ4n) is 3.42. The molecule has 0 radical (unpaired) electrons. The van der Waals surface area contributed by atoms with Gasteiger partial charge in [0, 0.05) is 42.7 Å². The lowest BCUT2D eigenvalue weighted by Crippen LogP contribution is -2.41. The number of piperidine rings is 1. The predicted octanol–water partition coefficient (Wildman–Crippen LogP) is 3.10. The van der Waals surface area contributed by atoms with Gasteiger partial charge in [-0.25, -0.2) is 4.39 Å². The van der Waals surface area contributed by atoms with Gasteiger partial charge in [0.05, 0.1) is 5.69 Å². The number of likely N-dealkylation sites (tertiary alicyclic amines) is 1. The number of rotatable bonds is 4. The number of amides is 2. The van der Waals surface area contributed by atoms with Crippen molar-refractivity contribution in [1.82, 2.24) is 20.1 Å². The molecule has 0 unspecified atom stereocenters. The third kappa shape index (κ3) is 4.31. The zero-order valence-electron chi connectivity index (χ0n) is 15.6. The molecule has 0 atom stereocenters. The molecule has 1 aromatic carbocycles. The van der Waals surface area contributed by atoms with E-state index < -0.39 is 5.82 Å². The van der Waals surface area contributed by atoms with Crippen LogP contribution in [0, 0.1) is 11.7 Å². The molecule has 148 valence electrons. The minimum absolute atomic E-state index is 0.142. The topological polar surface area (TPSA) is 91.0 Å². The molecule has 0 aliphatic carbocycles. The van der Waals surface area contributed by atoms with Crippen LogP contribution >= 0.6 is 0 Å². The second-order valence-corrected chi connectivity index (χ2v) is 6.97. The summed E-state index contributed by atoms with van der Waals surface area (Å²) in [4.78, 5) is 30.9. The number of carbonyl (C=O) groups excluding carboxylic acids is 2. The van der Waals surface area contributed by atoms with Gasteiger partial charge in [-0.15, -0.1) is 0 Å². The van der Waals surface area contributed by atoms with E-state index in [9.17, 15) is 14.0 Å². The molecule has 8 heteroatoms. The molecule has 1 saturated heterocycles. The summed E-state index contributed by atoms with van der Waals surface area (Å²) >= 11 is 0. The van der Waals surface area contributed by atoms with Crippen molar-refractivity contribution >= 4 is 17.5 Å². The van der Waals surface area contributed by atoms with Crippen molar-refractivity contribution < 1.29 is 14.0 Å². The number of carbonyl (C=O) groups is 2. The molecule has 1 fully saturated rings. The molecule has 7 nitrogen and oxygen atoms in total. The Morgan fingerprint density at radius 2 is 1.97 bits per heavy atom. The van der Waals surface area contributed by atoms with Gasteiger partial charge >= 0.3 is 0 Å². The Balaban J connectivity index is 1.34. The molecule has 3 heterocycles. The smallest absolute Gasteiger partial charge is 0.271 e. The lowest BCUT2D eigenvalue weighted by Gasteiger charge is -2.31. The van der Waals surface area contributed by atoms with Gasteiger partial charge in [-0.05, 0) is 49.2 Å². The largest absolute Gasteiger partial charge is 0.337 e. The van der Waals surface area contributed by atoms with Gasteiger partial charge in [0.15, 0.2) is 0 Å². The molecule has 0 spiro atoms. The van der Waals surface area contributed by atoms with Crippen molar-refractivity contribution in [1.29, 1.82) is 0 Å². The summed E-state index contributed by atoms with van der Waals surface area (Å²) in [6.07, 6.45) is 4.47. The number of nitrogens with one attached hydrogen (secondary N) is 2. The van der Waals surface area contributed by atoms with E-state index in [2.05, 4.69) is 20.5 Å². The maximum Gasteiger partial charge on any atom is 0.271 e. The minimum atomic E-state index is -0.395. The van der Waals surface area contributed by atoms with Crippen molar-refractivity contribution in [2.45, 2.75) is 12.8 Å². The highest BCUT2D eigenvalue weighted by molar-refractivity contribution is 5.94. The third-order valence-corrected chi connectivity index (χ3v) is 5.01. The van der Waals surface area contributed by atoms with Gasteiger partial charge in [-0.2, -0.15) is 5.10 Å². The average Bonchev–Trinajstić information content (AvgIpc) is 3.24. The summed E-state index contributed by atoms with van der Waals surface area (Å²) in [5.74, 6) is -0.900. The lowest BCUT2D eigenvalue weighted by atomic mass is 9.95. The summed E-state index contributed by atoms with van der Waals surface area (Å²) in [5, 5.41) is 9.73. The lowest BCUT2D eigenvalue weighted by molar-refractivity contribution is -0.121. The molecular weight excluding hydrogens is 373 g/mol. The molecule has 1 aliphatic heterocycles. The summed E-state index contributed by atoms with van der Waals surface area (Å²) in [6, 6.07) is 11.2. The van der Waals surface area contributed by atoms with Crippen LogP contribution in [0.5, 0.6) is 0 Å². The first-order chi connectivity index (χ1) is 14.1. The molecule has 1 aliphatic rings. The molecule has 4 rings (SSSR count). The summed E-state index contributed by atoms with van der Waals surface area (Å²) < 4.78 is 13.3. The average molecular weight is 393 g/mol. The molecule has 0 saturated carbocycles. The Morgan fingerprint density at radius 1 is 1.14 bits per heavy atom. The molecule has 2 amide bonds. The SMILES string of the molecule is O=C(Nc1cccc(F)c1)C1CCN(C(=O)c2cc(-c3cccnc3)n[nH]2)CC1. The van der Waals surface area contributed by atoms with E-state index in [0.29, 0.717) is 43.0 Å². The van der Waals surface area contributed by atoms with E-state index in [4.69, 9.17) is 0 Å². The minimum Gasteiger partial charge on any atom is -0.337 e. The Labute approximate surface area is 167 Å². The number of anilines is 1. The zero-order valence-corrected chi connectivity index (χ0v) is 15.6. The van der Waals surface area contributed by atoms with Gasteiger partial charge in [-0.1, -0.05) is 6.07 Å². The van der Waals surface area contributed by atoms with Crippen molar-refractivity contribution in [3.63, 3.8) is 0 Å². The van der Waals surface area contributed by atoms with E-state index >= 15 is 0 Å². The molecule has 2 N–H and O–H groups in total. The Hall–Kier alpha value is -3.55. The van der Waals surface area contributed by atoms with E-state index in [-0.39, 0.29) is 17.7 Å². The molecule has 29 heavy (non-hydrogen) atoms. The number of halogens is 1. The number of benzene rings is 1. The highest BCUT2D eigenvalue weighted by Gasteiger charge is 2.28. The second kappa shape index (κ2) is 8.22. The van der Waals surface area contributed by atoms with Crippen LogP contribution in [-0.2, 0) is 4.79 Å². The Kier molecular flexibility index (Phi) is 5.33. The quantitative estimate of drug-likeness (QED) is 0.713. The highest BCUT2D eigenvalue weighted by atomic mass is 19.1. The van der Waals surface area contributed by atoms with Gasteiger partial charge in [-0.3, -0.25) is 19.7 Å². The van der Waals surface area contributed by atoms with Crippen molar-refractivity contribution in [3.8, 4) is 11.3 Å². The molecule has 3 aromatic rings. The Bertz CT molecular complexity index is 1010. The van der Waals surface area contributed by atoms with E-state index in [1.807, 2.05) is 12.1 Å². The van der Waals surface area contributed by atoms with Crippen molar-refractivity contribution in [2.24, 2.45) is 5.92 Å². The van der Waals surface area contributed by atoms with Gasteiger partial charge in [0.2, 0.25) is 5.91 Å². The third-order valence-electron chi connectivity index (χ3n) is 5.01. The van der Waals surface area contributed by atoms with E-state index in [1.54, 1.807) is 35.5 Å². The fourth-order valence-corrected chi connectivity index (χ4v) is 3.42. The maximum atomic E-state index is 13.3. The van der Waals surface area contributed by atoms with Crippen LogP contribution in [0.3, 0.4) is 0 Å². The summed E-state index contributed by atoms with van der Waals surface area (Å²) in [6.45, 7) is 0.947. The number of pyridine rings is 1. The summed E-state index contributed by atoms with van der Waals surface area (Å²) in [7, 11) is 0. The van der Waals surface area contributed by atoms with Crippen molar-refractivity contribution in [3.05, 3.63) is 66.4 Å². The number of hydrogen-bond acceptors (Lipinski definition) is 4. The van der Waals surface area contributed by atoms with Gasteiger partial charge in [0.25, 0.3) is 5.91 Å². The van der Waals surface area contributed by atoms with Gasteiger partial charge in [0.1, 0.15) is 11.5 Å². The predicted molar refractivity (Wildman–Crippen MR) is 105 cm³/mol. The first-order valence-corrected chi connectivity index (χ1v) is 9.41. The van der Waals surface area contributed by atoms with Crippen LogP contribution < -0.4 is 5.32 Å². The van der Waals surface area contributed by atoms with Crippen LogP contribution in [0.15, 0.2) is 54.9 Å².